The van der Waals surface area contributed by atoms with Gasteiger partial charge in [-0.2, -0.15) is 0 Å². The summed E-state index contributed by atoms with van der Waals surface area (Å²) in [5, 5.41) is 0.917. The first kappa shape index (κ1) is 21.8. The molecule has 1 N–H and O–H groups in total. The zero-order valence-corrected chi connectivity index (χ0v) is 18.7. The third-order valence-corrected chi connectivity index (χ3v) is 5.67. The van der Waals surface area contributed by atoms with Gasteiger partial charge in [0.1, 0.15) is 12.4 Å². The van der Waals surface area contributed by atoms with Crippen molar-refractivity contribution in [1.29, 1.82) is 0 Å². The van der Waals surface area contributed by atoms with E-state index in [2.05, 4.69) is 9.97 Å². The molecule has 2 heterocycles. The number of carbonyl (C=O) groups is 1. The van der Waals surface area contributed by atoms with Crippen LogP contribution in [0.25, 0.3) is 21.9 Å². The van der Waals surface area contributed by atoms with Crippen molar-refractivity contribution in [2.75, 3.05) is 6.54 Å². The van der Waals surface area contributed by atoms with E-state index in [1.165, 1.54) is 4.57 Å². The van der Waals surface area contributed by atoms with Gasteiger partial charge >= 0.3 is 5.69 Å². The van der Waals surface area contributed by atoms with Crippen molar-refractivity contribution in [2.24, 2.45) is 0 Å². The van der Waals surface area contributed by atoms with Gasteiger partial charge in [0.05, 0.1) is 28.5 Å². The minimum absolute atomic E-state index is 0.0873. The SMILES string of the molecule is CCCN(Cc1nc2cc(Cl)ccc2c(=O)[nH]1)C(=O)Cn1c(=O)n(CC)c2ccccc21. The van der Waals surface area contributed by atoms with Crippen LogP contribution in [0.5, 0.6) is 0 Å². The summed E-state index contributed by atoms with van der Waals surface area (Å²) in [5.41, 5.74) is 1.49. The van der Waals surface area contributed by atoms with Gasteiger partial charge in [-0.25, -0.2) is 9.78 Å². The molecule has 0 aliphatic rings. The average Bonchev–Trinajstić information content (AvgIpc) is 3.03. The molecule has 2 aromatic carbocycles. The van der Waals surface area contributed by atoms with Gasteiger partial charge in [0.25, 0.3) is 5.56 Å². The van der Waals surface area contributed by atoms with Crippen molar-refractivity contribution in [2.45, 2.75) is 39.9 Å². The summed E-state index contributed by atoms with van der Waals surface area (Å²) in [6.07, 6.45) is 0.723. The van der Waals surface area contributed by atoms with E-state index in [0.717, 1.165) is 17.5 Å². The summed E-state index contributed by atoms with van der Waals surface area (Å²) in [4.78, 5) is 47.4. The molecule has 0 bridgehead atoms. The number of fused-ring (bicyclic) bond motifs is 2. The third kappa shape index (κ3) is 4.05. The number of rotatable bonds is 7. The highest BCUT2D eigenvalue weighted by atomic mass is 35.5. The molecule has 8 nitrogen and oxygen atoms in total. The number of benzene rings is 2. The number of nitrogens with one attached hydrogen (secondary N) is 1. The van der Waals surface area contributed by atoms with Crippen molar-refractivity contribution in [3.8, 4) is 0 Å². The zero-order valence-electron chi connectivity index (χ0n) is 18.0. The van der Waals surface area contributed by atoms with Gasteiger partial charge in [0.2, 0.25) is 5.91 Å². The topological polar surface area (TPSA) is 93.0 Å². The first-order chi connectivity index (χ1) is 15.4. The fourth-order valence-electron chi connectivity index (χ4n) is 3.94. The van der Waals surface area contributed by atoms with Crippen LogP contribution in [0.4, 0.5) is 0 Å². The summed E-state index contributed by atoms with van der Waals surface area (Å²) in [5.74, 6) is 0.150. The van der Waals surface area contributed by atoms with E-state index < -0.39 is 0 Å². The number of H-pyrrole nitrogens is 1. The lowest BCUT2D eigenvalue weighted by Crippen LogP contribution is -2.37. The van der Waals surface area contributed by atoms with E-state index in [-0.39, 0.29) is 30.2 Å². The summed E-state index contributed by atoms with van der Waals surface area (Å²) in [6.45, 7) is 4.89. The van der Waals surface area contributed by atoms with Gasteiger partial charge in [0.15, 0.2) is 0 Å². The standard InChI is InChI=1S/C23H24ClN5O3/c1-3-11-27(13-20-25-17-12-15(24)9-10-16(17)22(31)26-20)21(30)14-29-19-8-6-5-7-18(19)28(4-2)23(29)32/h5-10,12H,3-4,11,13-14H2,1-2H3,(H,25,26,31). The number of aromatic amines is 1. The van der Waals surface area contributed by atoms with E-state index in [4.69, 9.17) is 11.6 Å². The average molecular weight is 454 g/mol. The molecule has 0 saturated heterocycles. The summed E-state index contributed by atoms with van der Waals surface area (Å²) >= 11 is 6.04. The van der Waals surface area contributed by atoms with E-state index in [1.54, 1.807) is 27.7 Å². The number of halogens is 1. The molecule has 0 spiro atoms. The fourth-order valence-corrected chi connectivity index (χ4v) is 4.11. The Morgan fingerprint density at radius 1 is 1.09 bits per heavy atom. The Bertz CT molecular complexity index is 1420. The van der Waals surface area contributed by atoms with E-state index >= 15 is 0 Å². The quantitative estimate of drug-likeness (QED) is 0.465. The van der Waals surface area contributed by atoms with Gasteiger partial charge in [-0.05, 0) is 43.7 Å². The lowest BCUT2D eigenvalue weighted by molar-refractivity contribution is -0.132. The van der Waals surface area contributed by atoms with Crippen molar-refractivity contribution >= 4 is 39.4 Å². The Kier molecular flexibility index (Phi) is 6.14. The smallest absolute Gasteiger partial charge is 0.329 e. The van der Waals surface area contributed by atoms with Crippen LogP contribution < -0.4 is 11.2 Å². The van der Waals surface area contributed by atoms with Crippen LogP contribution in [-0.4, -0.2) is 36.5 Å². The van der Waals surface area contributed by atoms with E-state index in [0.29, 0.717) is 34.8 Å². The maximum Gasteiger partial charge on any atom is 0.329 e. The first-order valence-corrected chi connectivity index (χ1v) is 10.9. The summed E-state index contributed by atoms with van der Waals surface area (Å²) in [6, 6.07) is 12.3. The number of hydrogen-bond donors (Lipinski definition) is 1. The number of nitrogens with zero attached hydrogens (tertiary/aromatic N) is 4. The van der Waals surface area contributed by atoms with Crippen LogP contribution in [0.1, 0.15) is 26.1 Å². The molecule has 0 saturated carbocycles. The summed E-state index contributed by atoms with van der Waals surface area (Å²) < 4.78 is 3.15. The van der Waals surface area contributed by atoms with Crippen molar-refractivity contribution in [3.63, 3.8) is 0 Å². The number of hydrogen-bond acceptors (Lipinski definition) is 4. The van der Waals surface area contributed by atoms with E-state index in [9.17, 15) is 14.4 Å². The van der Waals surface area contributed by atoms with Crippen LogP contribution in [0, 0.1) is 0 Å². The number of para-hydroxylation sites is 2. The maximum atomic E-state index is 13.2. The highest BCUT2D eigenvalue weighted by molar-refractivity contribution is 6.31. The van der Waals surface area contributed by atoms with Crippen molar-refractivity contribution in [3.05, 3.63) is 74.1 Å². The number of aryl methyl sites for hydroxylation is 1. The molecule has 0 radical (unpaired) electrons. The molecule has 1 amide bonds. The van der Waals surface area contributed by atoms with Gasteiger partial charge < -0.3 is 9.88 Å². The summed E-state index contributed by atoms with van der Waals surface area (Å²) in [7, 11) is 0. The lowest BCUT2D eigenvalue weighted by atomic mass is 10.2. The van der Waals surface area contributed by atoms with Gasteiger partial charge in [0, 0.05) is 18.1 Å². The monoisotopic (exact) mass is 453 g/mol. The van der Waals surface area contributed by atoms with Crippen LogP contribution >= 0.6 is 11.6 Å². The largest absolute Gasteiger partial charge is 0.334 e. The predicted molar refractivity (Wildman–Crippen MR) is 125 cm³/mol. The van der Waals surface area contributed by atoms with E-state index in [1.807, 2.05) is 38.1 Å². The van der Waals surface area contributed by atoms with Crippen LogP contribution in [0.15, 0.2) is 52.1 Å². The Balaban J connectivity index is 1.66. The molecule has 4 aromatic rings. The zero-order chi connectivity index (χ0) is 22.8. The molecule has 2 aromatic heterocycles. The molecule has 0 aliphatic heterocycles. The lowest BCUT2D eigenvalue weighted by Gasteiger charge is -2.22. The highest BCUT2D eigenvalue weighted by Crippen LogP contribution is 2.16. The predicted octanol–water partition coefficient (Wildman–Crippen LogP) is 3.15. The molecule has 0 atom stereocenters. The molecular formula is C23H24ClN5O3. The molecule has 4 rings (SSSR count). The first-order valence-electron chi connectivity index (χ1n) is 10.6. The molecule has 0 fully saturated rings. The molecule has 32 heavy (non-hydrogen) atoms. The second-order valence-electron chi connectivity index (χ2n) is 7.59. The van der Waals surface area contributed by atoms with Crippen molar-refractivity contribution < 1.29 is 4.79 Å². The van der Waals surface area contributed by atoms with Crippen LogP contribution in [0.3, 0.4) is 0 Å². The van der Waals surface area contributed by atoms with Gasteiger partial charge in [-0.1, -0.05) is 30.7 Å². The van der Waals surface area contributed by atoms with Gasteiger partial charge in [-0.3, -0.25) is 18.7 Å². The normalized spacial score (nSPS) is 11.3. The Morgan fingerprint density at radius 2 is 1.81 bits per heavy atom. The maximum absolute atomic E-state index is 13.2. The van der Waals surface area contributed by atoms with Gasteiger partial charge in [-0.15, -0.1) is 0 Å². The molecule has 0 unspecified atom stereocenters. The second-order valence-corrected chi connectivity index (χ2v) is 8.03. The third-order valence-electron chi connectivity index (χ3n) is 5.44. The Hall–Kier alpha value is -3.39. The number of carbonyl (C=O) groups excluding carboxylic acids is 1. The number of amides is 1. The molecule has 0 aliphatic carbocycles. The van der Waals surface area contributed by atoms with Crippen molar-refractivity contribution in [1.82, 2.24) is 24.0 Å². The molecular weight excluding hydrogens is 430 g/mol. The van der Waals surface area contributed by atoms with Crippen LogP contribution in [0.2, 0.25) is 5.02 Å². The molecule has 9 heteroatoms. The minimum atomic E-state index is -0.284. The fraction of sp³-hybridized carbons (Fsp3) is 0.304. The Morgan fingerprint density at radius 3 is 2.50 bits per heavy atom. The molecule has 166 valence electrons. The number of aromatic nitrogens is 4. The minimum Gasteiger partial charge on any atom is -0.334 e. The highest BCUT2D eigenvalue weighted by Gasteiger charge is 2.20. The van der Waals surface area contributed by atoms with Crippen LogP contribution in [-0.2, 0) is 24.4 Å². The second kappa shape index (κ2) is 9.00. The number of imidazole rings is 1. The Labute approximate surface area is 189 Å².